The Balaban J connectivity index is 1.78. The number of carbonyl (C=O) groups excluding carboxylic acids is 1. The van der Waals surface area contributed by atoms with Crippen LogP contribution in [0, 0.1) is 0 Å². The van der Waals surface area contributed by atoms with Crippen LogP contribution < -0.4 is 10.9 Å². The van der Waals surface area contributed by atoms with E-state index < -0.39 is 0 Å². The standard InChI is InChI=1S/C16H12ClN3O3/c17-11-3-1-4-12(9-11)18-15(21)10-20-16(22)7-6-13(19-20)14-5-2-8-23-14/h1-9H,10H2,(H,18,21). The van der Waals surface area contributed by atoms with E-state index in [9.17, 15) is 9.59 Å². The predicted octanol–water partition coefficient (Wildman–Crippen LogP) is 2.80. The third-order valence-electron chi connectivity index (χ3n) is 3.04. The third-order valence-corrected chi connectivity index (χ3v) is 3.28. The number of benzene rings is 1. The number of rotatable bonds is 4. The van der Waals surface area contributed by atoms with Gasteiger partial charge in [0.2, 0.25) is 5.91 Å². The number of carbonyl (C=O) groups is 1. The second kappa shape index (κ2) is 6.50. The predicted molar refractivity (Wildman–Crippen MR) is 86.3 cm³/mol. The number of aromatic nitrogens is 2. The van der Waals surface area contributed by atoms with Gasteiger partial charge in [0, 0.05) is 16.8 Å². The van der Waals surface area contributed by atoms with Gasteiger partial charge in [0.1, 0.15) is 12.2 Å². The van der Waals surface area contributed by atoms with Crippen molar-refractivity contribution < 1.29 is 9.21 Å². The molecule has 1 amide bonds. The molecule has 2 aromatic heterocycles. The Labute approximate surface area is 136 Å². The molecule has 3 rings (SSSR count). The maximum Gasteiger partial charge on any atom is 0.267 e. The average molecular weight is 330 g/mol. The van der Waals surface area contributed by atoms with Crippen molar-refractivity contribution in [2.75, 3.05) is 5.32 Å². The molecule has 0 saturated carbocycles. The van der Waals surface area contributed by atoms with Crippen molar-refractivity contribution in [1.29, 1.82) is 0 Å². The molecule has 0 unspecified atom stereocenters. The maximum absolute atomic E-state index is 12.1. The van der Waals surface area contributed by atoms with Gasteiger partial charge in [-0.05, 0) is 36.4 Å². The molecule has 0 aliphatic heterocycles. The second-order valence-electron chi connectivity index (χ2n) is 4.75. The Morgan fingerprint density at radius 2 is 2.09 bits per heavy atom. The van der Waals surface area contributed by atoms with E-state index in [2.05, 4.69) is 10.4 Å². The smallest absolute Gasteiger partial charge is 0.267 e. The van der Waals surface area contributed by atoms with Crippen molar-refractivity contribution in [3.63, 3.8) is 0 Å². The minimum atomic E-state index is -0.376. The minimum Gasteiger partial charge on any atom is -0.463 e. The van der Waals surface area contributed by atoms with Gasteiger partial charge < -0.3 is 9.73 Å². The highest BCUT2D eigenvalue weighted by atomic mass is 35.5. The molecule has 0 atom stereocenters. The normalized spacial score (nSPS) is 10.5. The number of furan rings is 1. The Kier molecular flexibility index (Phi) is 4.25. The van der Waals surface area contributed by atoms with Crippen LogP contribution in [0.4, 0.5) is 5.69 Å². The quantitative estimate of drug-likeness (QED) is 0.798. The van der Waals surface area contributed by atoms with Crippen LogP contribution in [0.2, 0.25) is 5.02 Å². The van der Waals surface area contributed by atoms with Gasteiger partial charge in [0.25, 0.3) is 5.56 Å². The number of nitrogens with zero attached hydrogens (tertiary/aromatic N) is 2. The van der Waals surface area contributed by atoms with Gasteiger partial charge in [-0.2, -0.15) is 5.10 Å². The van der Waals surface area contributed by atoms with Gasteiger partial charge in [-0.25, -0.2) is 4.68 Å². The zero-order chi connectivity index (χ0) is 16.2. The van der Waals surface area contributed by atoms with Gasteiger partial charge in [0.05, 0.1) is 6.26 Å². The van der Waals surface area contributed by atoms with Gasteiger partial charge in [-0.15, -0.1) is 0 Å². The molecule has 0 radical (unpaired) electrons. The Morgan fingerprint density at radius 1 is 1.22 bits per heavy atom. The van der Waals surface area contributed by atoms with Crippen molar-refractivity contribution in [2.45, 2.75) is 6.54 Å². The summed E-state index contributed by atoms with van der Waals surface area (Å²) in [5.41, 5.74) is 0.657. The molecule has 3 aromatic rings. The number of hydrogen-bond donors (Lipinski definition) is 1. The van der Waals surface area contributed by atoms with Crippen LogP contribution in [-0.4, -0.2) is 15.7 Å². The van der Waals surface area contributed by atoms with E-state index in [0.29, 0.717) is 22.2 Å². The van der Waals surface area contributed by atoms with Gasteiger partial charge in [0.15, 0.2) is 5.76 Å². The average Bonchev–Trinajstić information content (AvgIpc) is 3.04. The fourth-order valence-corrected chi connectivity index (χ4v) is 2.21. The van der Waals surface area contributed by atoms with Crippen LogP contribution in [-0.2, 0) is 11.3 Å². The lowest BCUT2D eigenvalue weighted by Crippen LogP contribution is -2.29. The monoisotopic (exact) mass is 329 g/mol. The third kappa shape index (κ3) is 3.67. The van der Waals surface area contributed by atoms with Crippen molar-refractivity contribution in [1.82, 2.24) is 9.78 Å². The summed E-state index contributed by atoms with van der Waals surface area (Å²) in [4.78, 5) is 23.9. The molecule has 1 aromatic carbocycles. The fourth-order valence-electron chi connectivity index (χ4n) is 2.02. The first-order valence-electron chi connectivity index (χ1n) is 6.79. The highest BCUT2D eigenvalue weighted by molar-refractivity contribution is 6.30. The molecule has 0 aliphatic carbocycles. The molecule has 0 bridgehead atoms. The summed E-state index contributed by atoms with van der Waals surface area (Å²) >= 11 is 5.86. The zero-order valence-corrected chi connectivity index (χ0v) is 12.7. The minimum absolute atomic E-state index is 0.208. The van der Waals surface area contributed by atoms with Crippen molar-refractivity contribution >= 4 is 23.2 Å². The molecule has 2 heterocycles. The van der Waals surface area contributed by atoms with Crippen LogP contribution in [0.3, 0.4) is 0 Å². The Morgan fingerprint density at radius 3 is 2.83 bits per heavy atom. The van der Waals surface area contributed by atoms with Crippen LogP contribution in [0.25, 0.3) is 11.5 Å². The largest absolute Gasteiger partial charge is 0.463 e. The lowest BCUT2D eigenvalue weighted by Gasteiger charge is -2.07. The Bertz CT molecular complexity index is 888. The lowest BCUT2D eigenvalue weighted by atomic mass is 10.3. The van der Waals surface area contributed by atoms with E-state index in [-0.39, 0.29) is 18.0 Å². The van der Waals surface area contributed by atoms with Crippen LogP contribution in [0.15, 0.2) is 64.0 Å². The first kappa shape index (κ1) is 15.1. The molecular weight excluding hydrogens is 318 g/mol. The summed E-state index contributed by atoms with van der Waals surface area (Å²) in [6.45, 7) is -0.208. The first-order valence-corrected chi connectivity index (χ1v) is 7.17. The van der Waals surface area contributed by atoms with E-state index in [0.717, 1.165) is 4.68 Å². The number of amides is 1. The van der Waals surface area contributed by atoms with Crippen LogP contribution in [0.1, 0.15) is 0 Å². The fraction of sp³-hybridized carbons (Fsp3) is 0.0625. The van der Waals surface area contributed by atoms with Crippen molar-refractivity contribution in [3.8, 4) is 11.5 Å². The zero-order valence-electron chi connectivity index (χ0n) is 11.9. The van der Waals surface area contributed by atoms with E-state index >= 15 is 0 Å². The van der Waals surface area contributed by atoms with Crippen molar-refractivity contribution in [3.05, 3.63) is 70.2 Å². The summed E-state index contributed by atoms with van der Waals surface area (Å²) < 4.78 is 6.32. The molecule has 6 nitrogen and oxygen atoms in total. The molecule has 1 N–H and O–H groups in total. The number of halogens is 1. The summed E-state index contributed by atoms with van der Waals surface area (Å²) in [7, 11) is 0. The highest BCUT2D eigenvalue weighted by Gasteiger charge is 2.09. The molecule has 0 fully saturated rings. The summed E-state index contributed by atoms with van der Waals surface area (Å²) in [6.07, 6.45) is 1.51. The van der Waals surface area contributed by atoms with Gasteiger partial charge >= 0.3 is 0 Å². The topological polar surface area (TPSA) is 77.1 Å². The summed E-state index contributed by atoms with van der Waals surface area (Å²) in [6, 6.07) is 13.1. The van der Waals surface area contributed by atoms with E-state index in [1.54, 1.807) is 42.5 Å². The molecule has 7 heteroatoms. The molecule has 0 saturated heterocycles. The molecule has 116 valence electrons. The Hall–Kier alpha value is -2.86. The summed E-state index contributed by atoms with van der Waals surface area (Å²) in [5.74, 6) is 0.146. The number of anilines is 1. The number of nitrogens with one attached hydrogen (secondary N) is 1. The van der Waals surface area contributed by atoms with Crippen LogP contribution in [0.5, 0.6) is 0 Å². The van der Waals surface area contributed by atoms with Crippen LogP contribution >= 0.6 is 11.6 Å². The molecular formula is C16H12ClN3O3. The van der Waals surface area contributed by atoms with Gasteiger partial charge in [-0.1, -0.05) is 17.7 Å². The highest BCUT2D eigenvalue weighted by Crippen LogP contribution is 2.16. The SMILES string of the molecule is O=C(Cn1nc(-c2ccco2)ccc1=O)Nc1cccc(Cl)c1. The van der Waals surface area contributed by atoms with E-state index in [1.165, 1.54) is 12.3 Å². The van der Waals surface area contributed by atoms with E-state index in [4.69, 9.17) is 16.0 Å². The van der Waals surface area contributed by atoms with Gasteiger partial charge in [-0.3, -0.25) is 9.59 Å². The number of hydrogen-bond acceptors (Lipinski definition) is 4. The lowest BCUT2D eigenvalue weighted by molar-refractivity contribution is -0.117. The maximum atomic E-state index is 12.1. The van der Waals surface area contributed by atoms with Crippen molar-refractivity contribution in [2.24, 2.45) is 0 Å². The summed E-state index contributed by atoms with van der Waals surface area (Å²) in [5, 5.41) is 7.32. The van der Waals surface area contributed by atoms with E-state index in [1.807, 2.05) is 0 Å². The molecule has 23 heavy (non-hydrogen) atoms. The first-order chi connectivity index (χ1) is 11.1. The molecule has 0 spiro atoms. The molecule has 0 aliphatic rings. The second-order valence-corrected chi connectivity index (χ2v) is 5.19.